The molecule has 0 bridgehead atoms. The Bertz CT molecular complexity index is 595. The van der Waals surface area contributed by atoms with Gasteiger partial charge in [-0.3, -0.25) is 0 Å². The minimum absolute atomic E-state index is 0.379. The minimum Gasteiger partial charge on any atom is -0.497 e. The summed E-state index contributed by atoms with van der Waals surface area (Å²) in [5.74, 6) is 3.24. The fourth-order valence-electron chi connectivity index (χ4n) is 1.92. The summed E-state index contributed by atoms with van der Waals surface area (Å²) in [6.07, 6.45) is 0. The lowest BCUT2D eigenvalue weighted by Crippen LogP contribution is -2.13. The molecule has 0 amide bonds. The van der Waals surface area contributed by atoms with Gasteiger partial charge < -0.3 is 19.4 Å². The molecule has 1 N–H and O–H groups in total. The van der Waals surface area contributed by atoms with E-state index < -0.39 is 0 Å². The molecule has 1 heterocycles. The number of nitrogens with one attached hydrogen (secondary N) is 1. The second-order valence-corrected chi connectivity index (χ2v) is 4.77. The monoisotopic (exact) mass is 290 g/mol. The Hall–Kier alpha value is -2.08. The van der Waals surface area contributed by atoms with Gasteiger partial charge in [0.25, 0.3) is 0 Å². The van der Waals surface area contributed by atoms with E-state index in [0.717, 1.165) is 41.8 Å². The van der Waals surface area contributed by atoms with Crippen molar-refractivity contribution in [2.24, 2.45) is 7.05 Å². The molecule has 0 atom stereocenters. The quantitative estimate of drug-likeness (QED) is 0.843. The first kappa shape index (κ1) is 15.3. The fraction of sp³-hybridized carbons (Fsp3) is 0.467. The Kier molecular flexibility index (Phi) is 5.16. The van der Waals surface area contributed by atoms with Crippen LogP contribution in [0.4, 0.5) is 0 Å². The summed E-state index contributed by atoms with van der Waals surface area (Å²) >= 11 is 0. The van der Waals surface area contributed by atoms with Gasteiger partial charge in [-0.15, -0.1) is 10.2 Å². The van der Waals surface area contributed by atoms with Crippen LogP contribution in [-0.4, -0.2) is 28.4 Å². The molecule has 0 aliphatic heterocycles. The normalized spacial score (nSPS) is 10.7. The van der Waals surface area contributed by atoms with Gasteiger partial charge in [0.05, 0.1) is 7.11 Å². The van der Waals surface area contributed by atoms with Crippen LogP contribution in [0.1, 0.15) is 24.1 Å². The molecule has 1 aromatic heterocycles. The van der Waals surface area contributed by atoms with Gasteiger partial charge in [0.1, 0.15) is 23.9 Å². The van der Waals surface area contributed by atoms with Crippen molar-refractivity contribution in [1.29, 1.82) is 0 Å². The van der Waals surface area contributed by atoms with Crippen molar-refractivity contribution in [3.63, 3.8) is 0 Å². The SMILES string of the molecule is CCNCc1ccc(OC)cc1OCc1nnc(C)n1C. The van der Waals surface area contributed by atoms with Crippen molar-refractivity contribution in [2.75, 3.05) is 13.7 Å². The van der Waals surface area contributed by atoms with Crippen LogP contribution in [0.25, 0.3) is 0 Å². The van der Waals surface area contributed by atoms with E-state index in [9.17, 15) is 0 Å². The molecule has 2 rings (SSSR count). The Morgan fingerprint density at radius 1 is 1.29 bits per heavy atom. The third kappa shape index (κ3) is 3.72. The number of benzene rings is 1. The van der Waals surface area contributed by atoms with Crippen LogP contribution in [0.3, 0.4) is 0 Å². The van der Waals surface area contributed by atoms with E-state index in [2.05, 4.69) is 22.4 Å². The lowest BCUT2D eigenvalue weighted by atomic mass is 10.2. The third-order valence-corrected chi connectivity index (χ3v) is 3.38. The van der Waals surface area contributed by atoms with E-state index in [4.69, 9.17) is 9.47 Å². The summed E-state index contributed by atoms with van der Waals surface area (Å²) in [4.78, 5) is 0. The van der Waals surface area contributed by atoms with Crippen LogP contribution >= 0.6 is 0 Å². The van der Waals surface area contributed by atoms with Gasteiger partial charge in [-0.25, -0.2) is 0 Å². The highest BCUT2D eigenvalue weighted by molar-refractivity contribution is 5.40. The van der Waals surface area contributed by atoms with Crippen molar-refractivity contribution >= 4 is 0 Å². The van der Waals surface area contributed by atoms with Crippen LogP contribution in [-0.2, 0) is 20.2 Å². The van der Waals surface area contributed by atoms with Crippen molar-refractivity contribution in [2.45, 2.75) is 27.0 Å². The van der Waals surface area contributed by atoms with Crippen molar-refractivity contribution in [3.8, 4) is 11.5 Å². The molecule has 0 unspecified atom stereocenters. The minimum atomic E-state index is 0.379. The summed E-state index contributed by atoms with van der Waals surface area (Å²) in [6, 6.07) is 5.85. The summed E-state index contributed by atoms with van der Waals surface area (Å²) in [7, 11) is 3.58. The summed E-state index contributed by atoms with van der Waals surface area (Å²) in [6.45, 7) is 6.04. The lowest BCUT2D eigenvalue weighted by Gasteiger charge is -2.13. The standard InChI is InChI=1S/C15H22N4O2/c1-5-16-9-12-6-7-13(20-4)8-14(12)21-10-15-18-17-11(2)19(15)3/h6-8,16H,5,9-10H2,1-4H3. The number of ether oxygens (including phenoxy) is 2. The van der Waals surface area contributed by atoms with Crippen LogP contribution < -0.4 is 14.8 Å². The predicted octanol–water partition coefficient (Wildman–Crippen LogP) is 1.82. The highest BCUT2D eigenvalue weighted by atomic mass is 16.5. The van der Waals surface area contributed by atoms with Crippen molar-refractivity contribution in [1.82, 2.24) is 20.1 Å². The van der Waals surface area contributed by atoms with E-state index >= 15 is 0 Å². The zero-order valence-electron chi connectivity index (χ0n) is 13.0. The molecule has 0 aliphatic rings. The van der Waals surface area contributed by atoms with E-state index in [1.165, 1.54) is 0 Å². The Labute approximate surface area is 125 Å². The maximum Gasteiger partial charge on any atom is 0.170 e. The molecule has 0 radical (unpaired) electrons. The Morgan fingerprint density at radius 3 is 2.71 bits per heavy atom. The highest BCUT2D eigenvalue weighted by Crippen LogP contribution is 2.25. The van der Waals surface area contributed by atoms with Gasteiger partial charge in [-0.05, 0) is 19.5 Å². The van der Waals surface area contributed by atoms with E-state index in [-0.39, 0.29) is 0 Å². The van der Waals surface area contributed by atoms with Gasteiger partial charge >= 0.3 is 0 Å². The zero-order chi connectivity index (χ0) is 15.2. The molecular formula is C15H22N4O2. The average Bonchev–Trinajstić information content (AvgIpc) is 2.83. The lowest BCUT2D eigenvalue weighted by molar-refractivity contribution is 0.285. The summed E-state index contributed by atoms with van der Waals surface area (Å²) in [5.41, 5.74) is 1.09. The topological polar surface area (TPSA) is 61.2 Å². The van der Waals surface area contributed by atoms with Crippen molar-refractivity contribution < 1.29 is 9.47 Å². The second-order valence-electron chi connectivity index (χ2n) is 4.77. The molecule has 0 aliphatic carbocycles. The van der Waals surface area contributed by atoms with Crippen molar-refractivity contribution in [3.05, 3.63) is 35.4 Å². The smallest absolute Gasteiger partial charge is 0.170 e. The number of aryl methyl sites for hydroxylation is 1. The van der Waals surface area contributed by atoms with Crippen LogP contribution in [0.15, 0.2) is 18.2 Å². The van der Waals surface area contributed by atoms with Gasteiger partial charge in [-0.1, -0.05) is 13.0 Å². The second kappa shape index (κ2) is 7.08. The molecule has 0 saturated carbocycles. The average molecular weight is 290 g/mol. The van der Waals surface area contributed by atoms with Crippen LogP contribution in [0.2, 0.25) is 0 Å². The molecule has 6 nitrogen and oxygen atoms in total. The molecule has 0 saturated heterocycles. The first-order valence-electron chi connectivity index (χ1n) is 7.01. The zero-order valence-corrected chi connectivity index (χ0v) is 13.0. The molecule has 114 valence electrons. The highest BCUT2D eigenvalue weighted by Gasteiger charge is 2.09. The molecule has 0 fully saturated rings. The number of aromatic nitrogens is 3. The molecular weight excluding hydrogens is 268 g/mol. The first-order chi connectivity index (χ1) is 10.2. The van der Waals surface area contributed by atoms with E-state index in [1.54, 1.807) is 7.11 Å². The van der Waals surface area contributed by atoms with E-state index in [1.807, 2.05) is 36.7 Å². The predicted molar refractivity (Wildman–Crippen MR) is 80.4 cm³/mol. The third-order valence-electron chi connectivity index (χ3n) is 3.38. The van der Waals surface area contributed by atoms with Gasteiger partial charge in [0.15, 0.2) is 5.82 Å². The molecule has 0 spiro atoms. The number of hydrogen-bond donors (Lipinski definition) is 1. The molecule has 2 aromatic rings. The van der Waals surface area contributed by atoms with Gasteiger partial charge in [0.2, 0.25) is 0 Å². The summed E-state index contributed by atoms with van der Waals surface area (Å²) in [5, 5.41) is 11.4. The van der Waals surface area contributed by atoms with Gasteiger partial charge in [-0.2, -0.15) is 0 Å². The Morgan fingerprint density at radius 2 is 2.10 bits per heavy atom. The molecule has 6 heteroatoms. The van der Waals surface area contributed by atoms with Crippen LogP contribution in [0, 0.1) is 6.92 Å². The fourth-order valence-corrected chi connectivity index (χ4v) is 1.92. The number of methoxy groups -OCH3 is 1. The largest absolute Gasteiger partial charge is 0.497 e. The Balaban J connectivity index is 2.14. The van der Waals surface area contributed by atoms with E-state index in [0.29, 0.717) is 6.61 Å². The van der Waals surface area contributed by atoms with Crippen LogP contribution in [0.5, 0.6) is 11.5 Å². The maximum absolute atomic E-state index is 5.91. The number of hydrogen-bond acceptors (Lipinski definition) is 5. The first-order valence-corrected chi connectivity index (χ1v) is 7.01. The molecule has 1 aromatic carbocycles. The van der Waals surface area contributed by atoms with Gasteiger partial charge in [0, 0.05) is 25.2 Å². The summed E-state index contributed by atoms with van der Waals surface area (Å²) < 4.78 is 13.1. The molecule has 21 heavy (non-hydrogen) atoms. The number of rotatable bonds is 7. The maximum atomic E-state index is 5.91. The number of nitrogens with zero attached hydrogens (tertiary/aromatic N) is 3.